The molecule has 85 valence electrons. The van der Waals surface area contributed by atoms with Gasteiger partial charge in [-0.1, -0.05) is 6.08 Å². The maximum atomic E-state index is 11.5. The van der Waals surface area contributed by atoms with Crippen LogP contribution in [0.5, 0.6) is 0 Å². The molecular weight excluding hydrogens is 192 g/mol. The zero-order valence-corrected chi connectivity index (χ0v) is 9.24. The first-order chi connectivity index (χ1) is 7.26. The van der Waals surface area contributed by atoms with Gasteiger partial charge in [-0.3, -0.25) is 4.79 Å². The Kier molecular flexibility index (Phi) is 4.82. The van der Waals surface area contributed by atoms with E-state index in [0.717, 1.165) is 19.3 Å². The Balaban J connectivity index is 2.41. The summed E-state index contributed by atoms with van der Waals surface area (Å²) in [4.78, 5) is 11.5. The van der Waals surface area contributed by atoms with Crippen LogP contribution in [0.3, 0.4) is 0 Å². The minimum atomic E-state index is -0.114. The summed E-state index contributed by atoms with van der Waals surface area (Å²) in [5.74, 6) is 1.39. The number of hydrogen-bond acceptors (Lipinski definition) is 3. The number of esters is 1. The quantitative estimate of drug-likeness (QED) is 0.515. The summed E-state index contributed by atoms with van der Waals surface area (Å²) in [6.45, 7) is 6.11. The lowest BCUT2D eigenvalue weighted by Gasteiger charge is -1.99. The van der Waals surface area contributed by atoms with Crippen molar-refractivity contribution >= 4 is 5.97 Å². The van der Waals surface area contributed by atoms with E-state index in [4.69, 9.17) is 9.84 Å². The SMILES string of the molecule is C=CC[C@@H]1[C](CCCO)[C@@H]1C(=O)OCC. The van der Waals surface area contributed by atoms with Gasteiger partial charge in [0, 0.05) is 6.61 Å². The maximum absolute atomic E-state index is 11.5. The molecule has 0 saturated heterocycles. The minimum absolute atomic E-state index is 0.0329. The molecule has 0 amide bonds. The van der Waals surface area contributed by atoms with E-state index >= 15 is 0 Å². The third-order valence-electron chi connectivity index (χ3n) is 2.75. The van der Waals surface area contributed by atoms with E-state index < -0.39 is 0 Å². The van der Waals surface area contributed by atoms with E-state index in [1.165, 1.54) is 5.92 Å². The van der Waals surface area contributed by atoms with Gasteiger partial charge in [-0.05, 0) is 38.0 Å². The van der Waals surface area contributed by atoms with Gasteiger partial charge in [0.1, 0.15) is 0 Å². The van der Waals surface area contributed by atoms with Crippen LogP contribution in [0.2, 0.25) is 0 Å². The number of aliphatic hydroxyl groups is 1. The van der Waals surface area contributed by atoms with Crippen molar-refractivity contribution in [1.29, 1.82) is 0 Å². The molecule has 3 heteroatoms. The second kappa shape index (κ2) is 5.91. The van der Waals surface area contributed by atoms with Crippen molar-refractivity contribution in [3.8, 4) is 0 Å². The highest BCUT2D eigenvalue weighted by Crippen LogP contribution is 2.54. The predicted octanol–water partition coefficient (Wildman–Crippen LogP) is 1.72. The van der Waals surface area contributed by atoms with Crippen molar-refractivity contribution in [2.24, 2.45) is 11.8 Å². The fraction of sp³-hybridized carbons (Fsp3) is 0.667. The molecule has 2 atom stereocenters. The first kappa shape index (κ1) is 12.2. The normalized spacial score (nSPS) is 24.9. The van der Waals surface area contributed by atoms with Crippen LogP contribution in [-0.4, -0.2) is 24.3 Å². The maximum Gasteiger partial charge on any atom is 0.309 e. The standard InChI is InChI=1S/C12H19O3/c1-3-6-9-10(7-5-8-13)11(9)12(14)15-4-2/h3,9,11,13H,1,4-8H2,2H3/t9-,11-/m1/s1. The van der Waals surface area contributed by atoms with Gasteiger partial charge in [-0.15, -0.1) is 6.58 Å². The third-order valence-corrected chi connectivity index (χ3v) is 2.75. The van der Waals surface area contributed by atoms with Crippen molar-refractivity contribution in [3.05, 3.63) is 18.6 Å². The number of ether oxygens (including phenoxy) is 1. The average Bonchev–Trinajstić information content (AvgIpc) is 2.89. The highest BCUT2D eigenvalue weighted by atomic mass is 16.5. The van der Waals surface area contributed by atoms with E-state index in [0.29, 0.717) is 12.5 Å². The van der Waals surface area contributed by atoms with Gasteiger partial charge in [0.05, 0.1) is 12.5 Å². The molecule has 0 spiro atoms. The number of carbonyl (C=O) groups excluding carboxylic acids is 1. The lowest BCUT2D eigenvalue weighted by molar-refractivity contribution is -0.144. The van der Waals surface area contributed by atoms with Crippen LogP contribution < -0.4 is 0 Å². The summed E-state index contributed by atoms with van der Waals surface area (Å²) in [7, 11) is 0. The Morgan fingerprint density at radius 1 is 1.67 bits per heavy atom. The van der Waals surface area contributed by atoms with Crippen molar-refractivity contribution in [2.75, 3.05) is 13.2 Å². The van der Waals surface area contributed by atoms with Crippen molar-refractivity contribution in [1.82, 2.24) is 0 Å². The Bertz CT molecular complexity index is 225. The summed E-state index contributed by atoms with van der Waals surface area (Å²) in [5.41, 5.74) is 0. The zero-order valence-electron chi connectivity index (χ0n) is 9.24. The van der Waals surface area contributed by atoms with Crippen LogP contribution in [-0.2, 0) is 9.53 Å². The van der Waals surface area contributed by atoms with Crippen molar-refractivity contribution in [3.63, 3.8) is 0 Å². The molecule has 0 bridgehead atoms. The number of allylic oxidation sites excluding steroid dienone is 1. The van der Waals surface area contributed by atoms with Gasteiger partial charge >= 0.3 is 5.97 Å². The molecule has 1 rings (SSSR count). The second-order valence-corrected chi connectivity index (χ2v) is 3.76. The molecule has 1 radical (unpaired) electrons. The lowest BCUT2D eigenvalue weighted by Crippen LogP contribution is -2.08. The van der Waals surface area contributed by atoms with Crippen LogP contribution in [0.25, 0.3) is 0 Å². The number of aliphatic hydroxyl groups excluding tert-OH is 1. The largest absolute Gasteiger partial charge is 0.466 e. The molecule has 1 aliphatic carbocycles. The predicted molar refractivity (Wildman–Crippen MR) is 58.0 cm³/mol. The molecule has 3 nitrogen and oxygen atoms in total. The summed E-state index contributed by atoms with van der Waals surface area (Å²) < 4.78 is 5.00. The molecule has 15 heavy (non-hydrogen) atoms. The van der Waals surface area contributed by atoms with E-state index in [1.807, 2.05) is 13.0 Å². The minimum Gasteiger partial charge on any atom is -0.466 e. The summed E-state index contributed by atoms with van der Waals surface area (Å²) in [5, 5.41) is 8.74. The number of rotatable bonds is 7. The monoisotopic (exact) mass is 211 g/mol. The molecule has 0 aromatic carbocycles. The average molecular weight is 211 g/mol. The van der Waals surface area contributed by atoms with E-state index in [2.05, 4.69) is 6.58 Å². The fourth-order valence-electron chi connectivity index (χ4n) is 2.02. The smallest absolute Gasteiger partial charge is 0.309 e. The van der Waals surface area contributed by atoms with Crippen molar-refractivity contribution in [2.45, 2.75) is 26.2 Å². The summed E-state index contributed by atoms with van der Waals surface area (Å²) in [6, 6.07) is 0. The summed E-state index contributed by atoms with van der Waals surface area (Å²) in [6.07, 6.45) is 4.24. The molecule has 1 fully saturated rings. The lowest BCUT2D eigenvalue weighted by atomic mass is 10.1. The van der Waals surface area contributed by atoms with Crippen LogP contribution >= 0.6 is 0 Å². The molecule has 1 aliphatic rings. The van der Waals surface area contributed by atoms with Crippen LogP contribution in [0.1, 0.15) is 26.2 Å². The van der Waals surface area contributed by atoms with Gasteiger partial charge in [0.2, 0.25) is 0 Å². The van der Waals surface area contributed by atoms with Crippen LogP contribution in [0.4, 0.5) is 0 Å². The zero-order chi connectivity index (χ0) is 11.3. The van der Waals surface area contributed by atoms with Gasteiger partial charge in [0.25, 0.3) is 0 Å². The van der Waals surface area contributed by atoms with Gasteiger partial charge < -0.3 is 9.84 Å². The van der Waals surface area contributed by atoms with E-state index in [-0.39, 0.29) is 18.5 Å². The molecule has 0 aromatic heterocycles. The fourth-order valence-corrected chi connectivity index (χ4v) is 2.02. The molecule has 0 aromatic rings. The van der Waals surface area contributed by atoms with E-state index in [1.54, 1.807) is 0 Å². The summed E-state index contributed by atoms with van der Waals surface area (Å²) >= 11 is 0. The first-order valence-electron chi connectivity index (χ1n) is 5.50. The molecule has 0 heterocycles. The number of carbonyl (C=O) groups is 1. The molecule has 1 saturated carbocycles. The highest BCUT2D eigenvalue weighted by Gasteiger charge is 2.54. The first-order valence-corrected chi connectivity index (χ1v) is 5.50. The van der Waals surface area contributed by atoms with Gasteiger partial charge in [0.15, 0.2) is 0 Å². The van der Waals surface area contributed by atoms with Gasteiger partial charge in [-0.25, -0.2) is 0 Å². The van der Waals surface area contributed by atoms with Crippen LogP contribution in [0.15, 0.2) is 12.7 Å². The molecule has 0 unspecified atom stereocenters. The third kappa shape index (κ3) is 3.06. The topological polar surface area (TPSA) is 46.5 Å². The van der Waals surface area contributed by atoms with E-state index in [9.17, 15) is 4.79 Å². The Morgan fingerprint density at radius 2 is 2.40 bits per heavy atom. The van der Waals surface area contributed by atoms with Crippen LogP contribution in [0, 0.1) is 17.8 Å². The Labute approximate surface area is 91.1 Å². The molecule has 1 N–H and O–H groups in total. The van der Waals surface area contributed by atoms with Gasteiger partial charge in [-0.2, -0.15) is 0 Å². The second-order valence-electron chi connectivity index (χ2n) is 3.76. The number of hydrogen-bond donors (Lipinski definition) is 1. The Morgan fingerprint density at radius 3 is 2.93 bits per heavy atom. The molecular formula is C12H19O3. The molecule has 0 aliphatic heterocycles. The van der Waals surface area contributed by atoms with Crippen molar-refractivity contribution < 1.29 is 14.6 Å². The Hall–Kier alpha value is -0.830. The highest BCUT2D eigenvalue weighted by molar-refractivity contribution is 5.80.